The summed E-state index contributed by atoms with van der Waals surface area (Å²) in [6, 6.07) is 3.20. The SMILES string of the molecule is CCC[C@@H](Nc1nc(Nc2cnc(OC)c(F)c2)c(C#N)cc1F)[C@H](C)NC(=O)OC(C)(C)C. The third kappa shape index (κ3) is 7.43. The predicted octanol–water partition coefficient (Wildman–Crippen LogP) is 4.87. The summed E-state index contributed by atoms with van der Waals surface area (Å²) in [5.74, 6) is -1.75. The third-order valence-corrected chi connectivity index (χ3v) is 4.63. The lowest BCUT2D eigenvalue weighted by atomic mass is 10.0. The fourth-order valence-electron chi connectivity index (χ4n) is 3.08. The number of nitrogens with one attached hydrogen (secondary N) is 3. The number of carbonyl (C=O) groups is 1. The minimum absolute atomic E-state index is 0.0146. The van der Waals surface area contributed by atoms with Crippen molar-refractivity contribution in [1.29, 1.82) is 5.26 Å². The number of anilines is 3. The quantitative estimate of drug-likeness (QED) is 0.469. The van der Waals surface area contributed by atoms with Crippen LogP contribution in [0, 0.1) is 23.0 Å². The van der Waals surface area contributed by atoms with Gasteiger partial charge >= 0.3 is 6.09 Å². The van der Waals surface area contributed by atoms with E-state index >= 15 is 0 Å². The zero-order valence-electron chi connectivity index (χ0n) is 20.1. The smallest absolute Gasteiger partial charge is 0.407 e. The molecule has 11 heteroatoms. The van der Waals surface area contributed by atoms with Crippen LogP contribution in [0.25, 0.3) is 0 Å². The van der Waals surface area contributed by atoms with Gasteiger partial charge in [0, 0.05) is 18.2 Å². The van der Waals surface area contributed by atoms with Gasteiger partial charge in [-0.15, -0.1) is 0 Å². The molecule has 9 nitrogen and oxygen atoms in total. The van der Waals surface area contributed by atoms with E-state index in [4.69, 9.17) is 9.47 Å². The van der Waals surface area contributed by atoms with Crippen molar-refractivity contribution in [3.63, 3.8) is 0 Å². The summed E-state index contributed by atoms with van der Waals surface area (Å²) >= 11 is 0. The van der Waals surface area contributed by atoms with Gasteiger partial charge in [-0.2, -0.15) is 5.26 Å². The van der Waals surface area contributed by atoms with Crippen molar-refractivity contribution in [2.24, 2.45) is 0 Å². The number of nitriles is 1. The zero-order chi connectivity index (χ0) is 25.5. The maximum Gasteiger partial charge on any atom is 0.407 e. The molecule has 0 spiro atoms. The number of carbonyl (C=O) groups excluding carboxylic acids is 1. The molecule has 0 bridgehead atoms. The zero-order valence-corrected chi connectivity index (χ0v) is 20.1. The summed E-state index contributed by atoms with van der Waals surface area (Å²) < 4.78 is 38.9. The molecule has 0 aromatic carbocycles. The van der Waals surface area contributed by atoms with Crippen LogP contribution in [0.5, 0.6) is 5.88 Å². The van der Waals surface area contributed by atoms with Crippen molar-refractivity contribution < 1.29 is 23.0 Å². The lowest BCUT2D eigenvalue weighted by Crippen LogP contribution is -2.46. The highest BCUT2D eigenvalue weighted by Gasteiger charge is 2.24. The maximum atomic E-state index is 14.8. The van der Waals surface area contributed by atoms with Gasteiger partial charge < -0.3 is 25.4 Å². The summed E-state index contributed by atoms with van der Waals surface area (Å²) in [4.78, 5) is 20.2. The van der Waals surface area contributed by atoms with Crippen molar-refractivity contribution in [3.8, 4) is 11.9 Å². The molecule has 184 valence electrons. The number of ether oxygens (including phenoxy) is 2. The van der Waals surface area contributed by atoms with Crippen LogP contribution in [0.4, 0.5) is 30.9 Å². The second-order valence-corrected chi connectivity index (χ2v) is 8.64. The van der Waals surface area contributed by atoms with Gasteiger partial charge in [0.1, 0.15) is 11.7 Å². The number of pyridine rings is 2. The number of amides is 1. The second-order valence-electron chi connectivity index (χ2n) is 8.64. The highest BCUT2D eigenvalue weighted by molar-refractivity contribution is 5.68. The average Bonchev–Trinajstić information content (AvgIpc) is 2.74. The Bertz CT molecular complexity index is 1050. The molecule has 34 heavy (non-hydrogen) atoms. The molecular weight excluding hydrogens is 446 g/mol. The molecule has 0 radical (unpaired) electrons. The highest BCUT2D eigenvalue weighted by atomic mass is 19.1. The number of alkyl carbamates (subject to hydrolysis) is 1. The molecule has 0 saturated carbocycles. The molecular formula is C23H30F2N6O3. The van der Waals surface area contributed by atoms with Crippen molar-refractivity contribution in [2.75, 3.05) is 17.7 Å². The molecule has 2 atom stereocenters. The Kier molecular flexibility index (Phi) is 8.95. The van der Waals surface area contributed by atoms with Crippen LogP contribution in [0.2, 0.25) is 0 Å². The number of halogens is 2. The Morgan fingerprint density at radius 1 is 1.24 bits per heavy atom. The Morgan fingerprint density at radius 3 is 2.50 bits per heavy atom. The van der Waals surface area contributed by atoms with Crippen molar-refractivity contribution in [2.45, 2.75) is 65.1 Å². The van der Waals surface area contributed by atoms with Crippen molar-refractivity contribution in [1.82, 2.24) is 15.3 Å². The van der Waals surface area contributed by atoms with Crippen LogP contribution in [-0.2, 0) is 4.74 Å². The van der Waals surface area contributed by atoms with Gasteiger partial charge in [-0.1, -0.05) is 13.3 Å². The van der Waals surface area contributed by atoms with Gasteiger partial charge in [0.25, 0.3) is 0 Å². The number of rotatable bonds is 9. The van der Waals surface area contributed by atoms with E-state index < -0.39 is 29.4 Å². The Morgan fingerprint density at radius 2 is 1.94 bits per heavy atom. The standard InChI is InChI=1S/C23H30F2N6O3/c1-7-8-18(13(2)28-22(32)34-23(3,4)5)30-20-16(24)9-14(11-26)19(31-20)29-15-10-17(25)21(33-6)27-12-15/h9-10,12-13,18H,7-8H2,1-6H3,(H,28,32)(H2,29,30,31)/t13-,18+/m0/s1. The van der Waals surface area contributed by atoms with E-state index in [2.05, 4.69) is 25.9 Å². The van der Waals surface area contributed by atoms with Gasteiger partial charge in [-0.05, 0) is 40.2 Å². The fourth-order valence-corrected chi connectivity index (χ4v) is 3.08. The molecule has 0 saturated heterocycles. The first-order chi connectivity index (χ1) is 16.0. The molecule has 0 fully saturated rings. The molecule has 0 unspecified atom stereocenters. The van der Waals surface area contributed by atoms with Crippen LogP contribution in [0.3, 0.4) is 0 Å². The van der Waals surface area contributed by atoms with E-state index in [9.17, 15) is 18.8 Å². The minimum Gasteiger partial charge on any atom is -0.479 e. The van der Waals surface area contributed by atoms with Crippen LogP contribution < -0.4 is 20.7 Å². The molecule has 1 amide bonds. The highest BCUT2D eigenvalue weighted by Crippen LogP contribution is 2.26. The van der Waals surface area contributed by atoms with E-state index in [1.165, 1.54) is 13.3 Å². The number of methoxy groups -OCH3 is 1. The summed E-state index contributed by atoms with van der Waals surface area (Å²) in [6.45, 7) is 8.99. The Labute approximate surface area is 197 Å². The fraction of sp³-hybridized carbons (Fsp3) is 0.478. The van der Waals surface area contributed by atoms with E-state index in [0.29, 0.717) is 6.42 Å². The molecule has 2 aromatic rings. The first kappa shape index (κ1) is 26.6. The Hall–Kier alpha value is -3.68. The van der Waals surface area contributed by atoms with Crippen LogP contribution in [0.1, 0.15) is 53.0 Å². The lowest BCUT2D eigenvalue weighted by molar-refractivity contribution is 0.0502. The van der Waals surface area contributed by atoms with Crippen LogP contribution >= 0.6 is 0 Å². The van der Waals surface area contributed by atoms with Gasteiger partial charge in [0.15, 0.2) is 23.3 Å². The van der Waals surface area contributed by atoms with Crippen LogP contribution in [0.15, 0.2) is 18.3 Å². The normalized spacial score (nSPS) is 12.8. The largest absolute Gasteiger partial charge is 0.479 e. The predicted molar refractivity (Wildman–Crippen MR) is 124 cm³/mol. The lowest BCUT2D eigenvalue weighted by Gasteiger charge is -2.28. The molecule has 3 N–H and O–H groups in total. The van der Waals surface area contributed by atoms with Crippen molar-refractivity contribution >= 4 is 23.4 Å². The number of aromatic nitrogens is 2. The van der Waals surface area contributed by atoms with E-state index in [0.717, 1.165) is 18.6 Å². The number of hydrogen-bond donors (Lipinski definition) is 3. The minimum atomic E-state index is -0.744. The number of nitrogens with zero attached hydrogens (tertiary/aromatic N) is 3. The topological polar surface area (TPSA) is 121 Å². The van der Waals surface area contributed by atoms with Gasteiger partial charge in [-0.3, -0.25) is 0 Å². The molecule has 2 rings (SSSR count). The first-order valence-corrected chi connectivity index (χ1v) is 10.8. The van der Waals surface area contributed by atoms with Crippen molar-refractivity contribution in [3.05, 3.63) is 35.5 Å². The Balaban J connectivity index is 2.28. The molecule has 0 aliphatic rings. The van der Waals surface area contributed by atoms with Gasteiger partial charge in [0.2, 0.25) is 5.88 Å². The maximum absolute atomic E-state index is 14.8. The number of hydrogen-bond acceptors (Lipinski definition) is 8. The van der Waals surface area contributed by atoms with E-state index in [1.807, 2.05) is 13.0 Å². The molecule has 2 aromatic heterocycles. The third-order valence-electron chi connectivity index (χ3n) is 4.63. The monoisotopic (exact) mass is 476 g/mol. The summed E-state index contributed by atoms with van der Waals surface area (Å²) in [5.41, 5.74) is -0.537. The van der Waals surface area contributed by atoms with E-state index in [-0.39, 0.29) is 34.8 Å². The van der Waals surface area contributed by atoms with Gasteiger partial charge in [-0.25, -0.2) is 23.5 Å². The molecule has 2 heterocycles. The second kappa shape index (κ2) is 11.4. The summed E-state index contributed by atoms with van der Waals surface area (Å²) in [5, 5.41) is 18.0. The first-order valence-electron chi connectivity index (χ1n) is 10.8. The van der Waals surface area contributed by atoms with Crippen LogP contribution in [-0.4, -0.2) is 40.9 Å². The molecule has 0 aliphatic carbocycles. The summed E-state index contributed by atoms with van der Waals surface area (Å²) in [7, 11) is 1.29. The van der Waals surface area contributed by atoms with E-state index in [1.54, 1.807) is 27.7 Å². The average molecular weight is 477 g/mol. The molecule has 0 aliphatic heterocycles. The summed E-state index contributed by atoms with van der Waals surface area (Å²) in [6.07, 6.45) is 2.05. The van der Waals surface area contributed by atoms with Gasteiger partial charge in [0.05, 0.1) is 24.6 Å².